The van der Waals surface area contributed by atoms with Crippen LogP contribution in [-0.2, 0) is 12.5 Å². The molecule has 0 N–H and O–H groups in total. The fourth-order valence-corrected chi connectivity index (χ4v) is 1.64. The molecular weight excluding hydrogens is 184 g/mol. The third kappa shape index (κ3) is 3.08. The summed E-state index contributed by atoms with van der Waals surface area (Å²) in [5.74, 6) is 0.567. The van der Waals surface area contributed by atoms with Crippen LogP contribution in [0.2, 0.25) is 0 Å². The molecule has 15 heavy (non-hydrogen) atoms. The summed E-state index contributed by atoms with van der Waals surface area (Å²) in [6.45, 7) is 11.1. The Morgan fingerprint density at radius 3 is 2.27 bits per heavy atom. The number of aromatic nitrogens is 2. The van der Waals surface area contributed by atoms with Crippen LogP contribution >= 0.6 is 0 Å². The van der Waals surface area contributed by atoms with E-state index in [1.807, 2.05) is 11.7 Å². The molecule has 0 amide bonds. The monoisotopic (exact) mass is 210 g/mol. The van der Waals surface area contributed by atoms with Crippen molar-refractivity contribution in [3.05, 3.63) is 17.5 Å². The van der Waals surface area contributed by atoms with E-state index in [9.17, 15) is 0 Å². The van der Waals surface area contributed by atoms with Gasteiger partial charge in [0.25, 0.3) is 0 Å². The predicted octanol–water partition coefficient (Wildman–Crippen LogP) is 3.87. The summed E-state index contributed by atoms with van der Waals surface area (Å²) in [5, 5.41) is 4.56. The van der Waals surface area contributed by atoms with Crippen LogP contribution in [0.25, 0.3) is 0 Å². The lowest BCUT2D eigenvalue weighted by Gasteiger charge is -2.17. The van der Waals surface area contributed by atoms with Crippen molar-refractivity contribution in [2.45, 2.75) is 59.8 Å². The van der Waals surface area contributed by atoms with Crippen molar-refractivity contribution in [3.8, 4) is 0 Å². The van der Waals surface area contributed by atoms with E-state index in [0.29, 0.717) is 5.92 Å². The van der Waals surface area contributed by atoms with Gasteiger partial charge in [-0.1, -0.05) is 42.0 Å². The molecule has 0 saturated heterocycles. The molecule has 0 saturated carbocycles. The summed E-state index contributed by atoms with van der Waals surface area (Å²) in [7, 11) is 2.03. The van der Waals surface area contributed by atoms with E-state index in [-0.39, 0.29) is 12.8 Å². The molecular formula is C13H26N2. The second-order valence-electron chi connectivity index (χ2n) is 5.14. The van der Waals surface area contributed by atoms with Gasteiger partial charge in [0.2, 0.25) is 0 Å². The van der Waals surface area contributed by atoms with Gasteiger partial charge in [-0.2, -0.15) is 5.10 Å². The van der Waals surface area contributed by atoms with Crippen LogP contribution in [0.4, 0.5) is 0 Å². The molecule has 1 heterocycles. The molecule has 0 radical (unpaired) electrons. The summed E-state index contributed by atoms with van der Waals surface area (Å²) in [5.41, 5.74) is 2.72. The van der Waals surface area contributed by atoms with Crippen LogP contribution in [0, 0.1) is 0 Å². The average molecular weight is 210 g/mol. The van der Waals surface area contributed by atoms with E-state index in [1.165, 1.54) is 11.4 Å². The van der Waals surface area contributed by atoms with Gasteiger partial charge < -0.3 is 0 Å². The molecule has 0 aliphatic rings. The maximum atomic E-state index is 4.56. The Bertz CT molecular complexity index is 305. The number of aryl methyl sites for hydroxylation is 1. The molecule has 88 valence electrons. The van der Waals surface area contributed by atoms with E-state index in [4.69, 9.17) is 0 Å². The number of hydrogen-bond donors (Lipinski definition) is 0. The second kappa shape index (κ2) is 4.82. The lowest BCUT2D eigenvalue weighted by molar-refractivity contribution is 0.521. The molecule has 2 nitrogen and oxygen atoms in total. The van der Waals surface area contributed by atoms with Crippen molar-refractivity contribution in [1.29, 1.82) is 0 Å². The zero-order valence-corrected chi connectivity index (χ0v) is 10.3. The molecule has 2 heteroatoms. The predicted molar refractivity (Wildman–Crippen MR) is 67.3 cm³/mol. The Labute approximate surface area is 94.7 Å². The SMILES string of the molecule is C.CCC(C)c1cc(C(C)(C)C)n(C)n1. The normalized spacial score (nSPS) is 13.5. The summed E-state index contributed by atoms with van der Waals surface area (Å²) in [6.07, 6.45) is 1.15. The van der Waals surface area contributed by atoms with Gasteiger partial charge in [-0.25, -0.2) is 0 Å². The van der Waals surface area contributed by atoms with Gasteiger partial charge in [-0.3, -0.25) is 4.68 Å². The van der Waals surface area contributed by atoms with Crippen LogP contribution in [0.15, 0.2) is 6.07 Å². The fourth-order valence-electron chi connectivity index (χ4n) is 1.64. The van der Waals surface area contributed by atoms with Crippen LogP contribution in [0.5, 0.6) is 0 Å². The molecule has 1 rings (SSSR count). The fraction of sp³-hybridized carbons (Fsp3) is 0.769. The first kappa shape index (κ1) is 14.2. The largest absolute Gasteiger partial charge is 0.272 e. The Morgan fingerprint density at radius 1 is 1.40 bits per heavy atom. The highest BCUT2D eigenvalue weighted by Crippen LogP contribution is 2.26. The van der Waals surface area contributed by atoms with Crippen molar-refractivity contribution in [1.82, 2.24) is 9.78 Å². The third-order valence-corrected chi connectivity index (χ3v) is 2.78. The smallest absolute Gasteiger partial charge is 0.0655 e. The quantitative estimate of drug-likeness (QED) is 0.724. The molecule has 0 fully saturated rings. The summed E-state index contributed by atoms with van der Waals surface area (Å²) in [4.78, 5) is 0. The van der Waals surface area contributed by atoms with Crippen molar-refractivity contribution >= 4 is 0 Å². The molecule has 1 aromatic rings. The average Bonchev–Trinajstić information content (AvgIpc) is 2.45. The van der Waals surface area contributed by atoms with Crippen LogP contribution < -0.4 is 0 Å². The van der Waals surface area contributed by atoms with Gasteiger partial charge in [0.05, 0.1) is 5.69 Å². The zero-order valence-electron chi connectivity index (χ0n) is 10.3. The van der Waals surface area contributed by atoms with Gasteiger partial charge in [-0.05, 0) is 18.4 Å². The molecule has 0 aromatic carbocycles. The van der Waals surface area contributed by atoms with Crippen molar-refractivity contribution in [2.75, 3.05) is 0 Å². The first-order valence-electron chi connectivity index (χ1n) is 5.40. The van der Waals surface area contributed by atoms with Crippen molar-refractivity contribution in [2.24, 2.45) is 7.05 Å². The highest BCUT2D eigenvalue weighted by Gasteiger charge is 2.20. The summed E-state index contributed by atoms with van der Waals surface area (Å²) in [6, 6.07) is 2.24. The number of hydrogen-bond acceptors (Lipinski definition) is 1. The maximum Gasteiger partial charge on any atom is 0.0655 e. The Kier molecular flexibility index (Phi) is 4.57. The topological polar surface area (TPSA) is 17.8 Å². The highest BCUT2D eigenvalue weighted by atomic mass is 15.3. The maximum absolute atomic E-state index is 4.56. The van der Waals surface area contributed by atoms with E-state index < -0.39 is 0 Å². The minimum Gasteiger partial charge on any atom is -0.272 e. The molecule has 1 aromatic heterocycles. The van der Waals surface area contributed by atoms with Crippen molar-refractivity contribution < 1.29 is 0 Å². The number of rotatable bonds is 2. The number of nitrogens with zero attached hydrogens (tertiary/aromatic N) is 2. The van der Waals surface area contributed by atoms with Gasteiger partial charge in [0.1, 0.15) is 0 Å². The van der Waals surface area contributed by atoms with Crippen LogP contribution in [0.3, 0.4) is 0 Å². The molecule has 0 aliphatic heterocycles. The van der Waals surface area contributed by atoms with Gasteiger partial charge >= 0.3 is 0 Å². The van der Waals surface area contributed by atoms with E-state index in [2.05, 4.69) is 45.8 Å². The summed E-state index contributed by atoms with van der Waals surface area (Å²) < 4.78 is 2.02. The third-order valence-electron chi connectivity index (χ3n) is 2.78. The Balaban J connectivity index is 0.00000196. The van der Waals surface area contributed by atoms with Crippen LogP contribution in [0.1, 0.15) is 65.8 Å². The lowest BCUT2D eigenvalue weighted by Crippen LogP contribution is -2.16. The molecule has 1 unspecified atom stereocenters. The Morgan fingerprint density at radius 2 is 1.93 bits per heavy atom. The molecule has 0 spiro atoms. The molecule has 0 bridgehead atoms. The van der Waals surface area contributed by atoms with E-state index >= 15 is 0 Å². The van der Waals surface area contributed by atoms with Gasteiger partial charge in [0, 0.05) is 18.2 Å². The first-order valence-corrected chi connectivity index (χ1v) is 5.40. The minimum absolute atomic E-state index is 0. The van der Waals surface area contributed by atoms with Gasteiger partial charge in [0.15, 0.2) is 0 Å². The minimum atomic E-state index is 0. The van der Waals surface area contributed by atoms with Gasteiger partial charge in [-0.15, -0.1) is 0 Å². The standard InChI is InChI=1S/C12H22N2.CH4/c1-7-9(2)10-8-11(12(3,4)5)14(6)13-10;/h8-9H,7H2,1-6H3;1H4. The molecule has 0 aliphatic carbocycles. The highest BCUT2D eigenvalue weighted by molar-refractivity contribution is 5.19. The summed E-state index contributed by atoms with van der Waals surface area (Å²) >= 11 is 0. The van der Waals surface area contributed by atoms with E-state index in [0.717, 1.165) is 6.42 Å². The zero-order chi connectivity index (χ0) is 10.9. The van der Waals surface area contributed by atoms with E-state index in [1.54, 1.807) is 0 Å². The first-order chi connectivity index (χ1) is 6.36. The lowest BCUT2D eigenvalue weighted by atomic mass is 9.91. The Hall–Kier alpha value is -0.790. The second-order valence-corrected chi connectivity index (χ2v) is 5.14. The molecule has 1 atom stereocenters. The van der Waals surface area contributed by atoms with Crippen LogP contribution in [-0.4, -0.2) is 9.78 Å². The van der Waals surface area contributed by atoms with Crippen molar-refractivity contribution in [3.63, 3.8) is 0 Å².